The monoisotopic (exact) mass is 205 g/mol. The number of nitrogens with zero attached hydrogens (tertiary/aromatic N) is 2. The zero-order valence-corrected chi connectivity index (χ0v) is 8.84. The molecule has 0 unspecified atom stereocenters. The average Bonchev–Trinajstić information content (AvgIpc) is 2.47. The number of hydrogen-bond donors (Lipinski definition) is 0. The summed E-state index contributed by atoms with van der Waals surface area (Å²) in [6.45, 7) is 1.97. The van der Waals surface area contributed by atoms with Gasteiger partial charge in [-0.15, -0.1) is 0 Å². The molecule has 0 aliphatic rings. The van der Waals surface area contributed by atoms with E-state index < -0.39 is 0 Å². The molecule has 3 heteroatoms. The fraction of sp³-hybridized carbons (Fsp3) is 0.182. The second-order valence-corrected chi connectivity index (χ2v) is 3.63. The van der Waals surface area contributed by atoms with Crippen molar-refractivity contribution in [3.8, 4) is 11.3 Å². The molecule has 0 saturated heterocycles. The van der Waals surface area contributed by atoms with Gasteiger partial charge in [0.2, 0.25) is 0 Å². The van der Waals surface area contributed by atoms with E-state index in [1.54, 1.807) is 4.68 Å². The normalized spacial score (nSPS) is 10.5. The summed E-state index contributed by atoms with van der Waals surface area (Å²) in [6.07, 6.45) is 0. The lowest BCUT2D eigenvalue weighted by molar-refractivity contribution is 0.742. The van der Waals surface area contributed by atoms with Crippen LogP contribution >= 0.6 is 11.6 Å². The Labute approximate surface area is 88.1 Å². The lowest BCUT2D eigenvalue weighted by atomic mass is 10.1. The third-order valence-electron chi connectivity index (χ3n) is 2.13. The van der Waals surface area contributed by atoms with E-state index >= 15 is 0 Å². The molecule has 2 aromatic rings. The summed E-state index contributed by atoms with van der Waals surface area (Å²) in [5, 5.41) is 5.05. The van der Waals surface area contributed by atoms with Crippen LogP contribution in [0.1, 0.15) is 5.69 Å². The number of aromatic nitrogens is 2. The molecule has 1 radical (unpaired) electrons. The predicted octanol–water partition coefficient (Wildman–Crippen LogP) is 2.85. The van der Waals surface area contributed by atoms with Crippen molar-refractivity contribution in [2.75, 3.05) is 0 Å². The topological polar surface area (TPSA) is 17.8 Å². The minimum Gasteiger partial charge on any atom is -0.272 e. The fourth-order valence-electron chi connectivity index (χ4n) is 1.27. The first-order chi connectivity index (χ1) is 6.66. The van der Waals surface area contributed by atoms with Crippen molar-refractivity contribution in [1.82, 2.24) is 9.78 Å². The predicted molar refractivity (Wildman–Crippen MR) is 57.2 cm³/mol. The molecule has 71 valence electrons. The molecule has 2 nitrogen and oxygen atoms in total. The summed E-state index contributed by atoms with van der Waals surface area (Å²) in [7, 11) is 1.90. The molecule has 1 aromatic heterocycles. The molecule has 0 bridgehead atoms. The second kappa shape index (κ2) is 3.46. The van der Waals surface area contributed by atoms with E-state index in [0.717, 1.165) is 22.0 Å². The summed E-state index contributed by atoms with van der Waals surface area (Å²) >= 11 is 5.89. The molecule has 0 spiro atoms. The number of halogens is 1. The van der Waals surface area contributed by atoms with Crippen molar-refractivity contribution in [2.24, 2.45) is 7.05 Å². The maximum Gasteiger partial charge on any atom is 0.101 e. The quantitative estimate of drug-likeness (QED) is 0.700. The van der Waals surface area contributed by atoms with Gasteiger partial charge in [-0.1, -0.05) is 23.7 Å². The first kappa shape index (κ1) is 9.28. The second-order valence-electron chi connectivity index (χ2n) is 3.19. The van der Waals surface area contributed by atoms with Gasteiger partial charge >= 0.3 is 0 Å². The van der Waals surface area contributed by atoms with Gasteiger partial charge in [-0.2, -0.15) is 5.10 Å². The Kier molecular flexibility index (Phi) is 2.30. The molecule has 0 aliphatic carbocycles. The Morgan fingerprint density at radius 3 is 2.79 bits per heavy atom. The maximum atomic E-state index is 5.89. The summed E-state index contributed by atoms with van der Waals surface area (Å²) in [5.74, 6) is 0. The molecule has 0 N–H and O–H groups in total. The van der Waals surface area contributed by atoms with Crippen LogP contribution in [0.15, 0.2) is 24.3 Å². The highest BCUT2D eigenvalue weighted by atomic mass is 35.5. The molecule has 1 aromatic carbocycles. The summed E-state index contributed by atoms with van der Waals surface area (Å²) in [4.78, 5) is 0. The van der Waals surface area contributed by atoms with Crippen LogP contribution in [0.25, 0.3) is 11.3 Å². The van der Waals surface area contributed by atoms with Gasteiger partial charge in [0, 0.05) is 29.4 Å². The smallest absolute Gasteiger partial charge is 0.101 e. The van der Waals surface area contributed by atoms with E-state index in [-0.39, 0.29) is 0 Å². The van der Waals surface area contributed by atoms with Crippen molar-refractivity contribution in [1.29, 1.82) is 0 Å². The van der Waals surface area contributed by atoms with Crippen LogP contribution in [0.2, 0.25) is 5.02 Å². The first-order valence-corrected chi connectivity index (χ1v) is 4.73. The van der Waals surface area contributed by atoms with Crippen molar-refractivity contribution in [3.63, 3.8) is 0 Å². The van der Waals surface area contributed by atoms with Crippen molar-refractivity contribution in [2.45, 2.75) is 6.92 Å². The Morgan fingerprint density at radius 1 is 1.43 bits per heavy atom. The van der Waals surface area contributed by atoms with Crippen LogP contribution in [0, 0.1) is 13.0 Å². The van der Waals surface area contributed by atoms with Gasteiger partial charge in [0.15, 0.2) is 0 Å². The van der Waals surface area contributed by atoms with Crippen LogP contribution in [0.4, 0.5) is 0 Å². The molecule has 0 atom stereocenters. The van der Waals surface area contributed by atoms with Crippen LogP contribution in [-0.2, 0) is 7.05 Å². The van der Waals surface area contributed by atoms with Crippen molar-refractivity contribution >= 4 is 11.6 Å². The molecule has 0 aliphatic heterocycles. The third kappa shape index (κ3) is 1.66. The van der Waals surface area contributed by atoms with Crippen molar-refractivity contribution in [3.05, 3.63) is 41.0 Å². The van der Waals surface area contributed by atoms with Crippen LogP contribution in [0.5, 0.6) is 0 Å². The number of hydrogen-bond acceptors (Lipinski definition) is 1. The van der Waals surface area contributed by atoms with Crippen LogP contribution < -0.4 is 0 Å². The Morgan fingerprint density at radius 2 is 2.21 bits per heavy atom. The maximum absolute atomic E-state index is 5.89. The Bertz CT molecular complexity index is 441. The van der Waals surface area contributed by atoms with E-state index in [1.807, 2.05) is 38.2 Å². The molecule has 0 amide bonds. The molecule has 2 rings (SSSR count). The lowest BCUT2D eigenvalue weighted by Crippen LogP contribution is -1.92. The van der Waals surface area contributed by atoms with E-state index in [4.69, 9.17) is 11.6 Å². The molecule has 0 saturated carbocycles. The zero-order chi connectivity index (χ0) is 10.1. The van der Waals surface area contributed by atoms with E-state index in [9.17, 15) is 0 Å². The van der Waals surface area contributed by atoms with E-state index in [0.29, 0.717) is 0 Å². The lowest BCUT2D eigenvalue weighted by Gasteiger charge is -1.95. The number of aryl methyl sites for hydroxylation is 2. The Hall–Kier alpha value is -1.28. The SMILES string of the molecule is Cc1[c]c(-c2cccc(Cl)c2)nn1C. The summed E-state index contributed by atoms with van der Waals surface area (Å²) < 4.78 is 1.80. The minimum atomic E-state index is 0.721. The van der Waals surface area contributed by atoms with Gasteiger partial charge in [0.1, 0.15) is 5.69 Å². The summed E-state index contributed by atoms with van der Waals surface area (Å²) in [6, 6.07) is 10.8. The van der Waals surface area contributed by atoms with Gasteiger partial charge in [-0.3, -0.25) is 4.68 Å². The highest BCUT2D eigenvalue weighted by molar-refractivity contribution is 6.30. The largest absolute Gasteiger partial charge is 0.272 e. The number of rotatable bonds is 1. The molecular weight excluding hydrogens is 196 g/mol. The standard InChI is InChI=1S/C11H10ClN2/c1-8-6-11(13-14(8)2)9-4-3-5-10(12)7-9/h3-5,7H,1-2H3. The molecule has 14 heavy (non-hydrogen) atoms. The average molecular weight is 206 g/mol. The summed E-state index contributed by atoms with van der Waals surface area (Å²) in [5.41, 5.74) is 2.86. The van der Waals surface area contributed by atoms with Crippen molar-refractivity contribution < 1.29 is 0 Å². The molecular formula is C11H10ClN2. The van der Waals surface area contributed by atoms with Crippen LogP contribution in [-0.4, -0.2) is 9.78 Å². The van der Waals surface area contributed by atoms with Gasteiger partial charge in [-0.05, 0) is 19.1 Å². The Balaban J connectivity index is 2.49. The fourth-order valence-corrected chi connectivity index (χ4v) is 1.46. The molecule has 1 heterocycles. The highest BCUT2D eigenvalue weighted by Crippen LogP contribution is 2.21. The van der Waals surface area contributed by atoms with Gasteiger partial charge in [-0.25, -0.2) is 0 Å². The zero-order valence-electron chi connectivity index (χ0n) is 8.08. The van der Waals surface area contributed by atoms with Crippen LogP contribution in [0.3, 0.4) is 0 Å². The van der Waals surface area contributed by atoms with Gasteiger partial charge in [0.05, 0.1) is 0 Å². The number of benzene rings is 1. The van der Waals surface area contributed by atoms with E-state index in [2.05, 4.69) is 11.2 Å². The first-order valence-electron chi connectivity index (χ1n) is 4.35. The van der Waals surface area contributed by atoms with E-state index in [1.165, 1.54) is 0 Å². The van der Waals surface area contributed by atoms with Gasteiger partial charge in [0.25, 0.3) is 0 Å². The minimum absolute atomic E-state index is 0.721. The third-order valence-corrected chi connectivity index (χ3v) is 2.37. The highest BCUT2D eigenvalue weighted by Gasteiger charge is 2.04. The molecule has 0 fully saturated rings. The van der Waals surface area contributed by atoms with Gasteiger partial charge < -0.3 is 0 Å².